The lowest BCUT2D eigenvalue weighted by atomic mass is 9.86. The number of carboxylic acid groups (broad SMARTS) is 1. The van der Waals surface area contributed by atoms with Gasteiger partial charge in [0, 0.05) is 24.9 Å². The van der Waals surface area contributed by atoms with E-state index >= 15 is 0 Å². The minimum absolute atomic E-state index is 0.128. The van der Waals surface area contributed by atoms with E-state index in [4.69, 9.17) is 9.15 Å². The van der Waals surface area contributed by atoms with Crippen molar-refractivity contribution in [3.63, 3.8) is 0 Å². The van der Waals surface area contributed by atoms with E-state index in [-0.39, 0.29) is 11.9 Å². The molecule has 1 unspecified atom stereocenters. The van der Waals surface area contributed by atoms with Crippen LogP contribution in [0, 0.1) is 6.92 Å². The van der Waals surface area contributed by atoms with Crippen molar-refractivity contribution in [1.29, 1.82) is 0 Å². The number of aliphatic carboxylic acids is 1. The van der Waals surface area contributed by atoms with Crippen LogP contribution in [0.1, 0.15) is 48.9 Å². The molecule has 172 valence electrons. The van der Waals surface area contributed by atoms with Crippen molar-refractivity contribution in [1.82, 2.24) is 9.88 Å². The van der Waals surface area contributed by atoms with E-state index in [9.17, 15) is 14.7 Å². The molecular formula is C26H28N2O5. The van der Waals surface area contributed by atoms with Crippen LogP contribution in [0.3, 0.4) is 0 Å². The lowest BCUT2D eigenvalue weighted by Crippen LogP contribution is -2.48. The maximum Gasteiger partial charge on any atom is 0.331 e. The van der Waals surface area contributed by atoms with Gasteiger partial charge in [-0.05, 0) is 55.2 Å². The Morgan fingerprint density at radius 1 is 1.21 bits per heavy atom. The number of aromatic nitrogens is 1. The van der Waals surface area contributed by atoms with Gasteiger partial charge in [-0.15, -0.1) is 0 Å². The van der Waals surface area contributed by atoms with Crippen molar-refractivity contribution in [2.45, 2.75) is 52.1 Å². The lowest BCUT2D eigenvalue weighted by molar-refractivity contribution is -0.152. The summed E-state index contributed by atoms with van der Waals surface area (Å²) in [5.41, 5.74) is 3.30. The monoisotopic (exact) mass is 448 g/mol. The summed E-state index contributed by atoms with van der Waals surface area (Å²) in [5.74, 6) is 0.630. The van der Waals surface area contributed by atoms with Gasteiger partial charge in [0.1, 0.15) is 11.5 Å². The number of benzene rings is 2. The van der Waals surface area contributed by atoms with E-state index in [0.717, 1.165) is 22.6 Å². The molecule has 0 aliphatic carbocycles. The summed E-state index contributed by atoms with van der Waals surface area (Å²) in [6, 6.07) is 14.1. The molecule has 2 heterocycles. The Morgan fingerprint density at radius 3 is 2.64 bits per heavy atom. The summed E-state index contributed by atoms with van der Waals surface area (Å²) < 4.78 is 11.7. The van der Waals surface area contributed by atoms with Gasteiger partial charge in [0.2, 0.25) is 11.8 Å². The number of amides is 1. The molecule has 0 saturated heterocycles. The standard InChI is InChI=1S/C26H28N2O5/c1-4-20-14-19-10-11-21(15-22(19)24(26(30)31)28(20)17(3)29)32-13-12-23-16(2)33-25(27-23)18-8-6-5-7-9-18/h5-11,15,20,24H,4,12-14H2,1-3H3,(H,30,31)/t20-,24?/m0/s1. The van der Waals surface area contributed by atoms with Crippen LogP contribution in [0.2, 0.25) is 0 Å². The zero-order valence-electron chi connectivity index (χ0n) is 19.1. The second-order valence-corrected chi connectivity index (χ2v) is 8.28. The Kier molecular flexibility index (Phi) is 6.49. The molecule has 0 radical (unpaired) electrons. The summed E-state index contributed by atoms with van der Waals surface area (Å²) in [7, 11) is 0. The van der Waals surface area contributed by atoms with Gasteiger partial charge in [0.05, 0.1) is 12.3 Å². The number of carbonyl (C=O) groups excluding carboxylic acids is 1. The number of ether oxygens (including phenoxy) is 1. The molecule has 0 bridgehead atoms. The number of hydrogen-bond donors (Lipinski definition) is 1. The number of hydrogen-bond acceptors (Lipinski definition) is 5. The Morgan fingerprint density at radius 2 is 1.97 bits per heavy atom. The highest BCUT2D eigenvalue weighted by Crippen LogP contribution is 2.36. The molecule has 1 N–H and O–H groups in total. The molecule has 1 aliphatic heterocycles. The number of fused-ring (bicyclic) bond motifs is 1. The highest BCUT2D eigenvalue weighted by molar-refractivity contribution is 5.85. The molecule has 0 spiro atoms. The highest BCUT2D eigenvalue weighted by Gasteiger charge is 2.39. The minimum Gasteiger partial charge on any atom is -0.493 e. The summed E-state index contributed by atoms with van der Waals surface area (Å²) in [4.78, 5) is 30.4. The second-order valence-electron chi connectivity index (χ2n) is 8.28. The smallest absolute Gasteiger partial charge is 0.331 e. The molecule has 3 aromatic rings. The molecular weight excluding hydrogens is 420 g/mol. The molecule has 4 rings (SSSR count). The van der Waals surface area contributed by atoms with Crippen LogP contribution in [0.5, 0.6) is 5.75 Å². The first-order chi connectivity index (χ1) is 15.9. The Labute approximate surface area is 193 Å². The van der Waals surface area contributed by atoms with Crippen molar-refractivity contribution in [3.05, 3.63) is 71.1 Å². The summed E-state index contributed by atoms with van der Waals surface area (Å²) in [6.07, 6.45) is 1.89. The van der Waals surface area contributed by atoms with Crippen molar-refractivity contribution in [2.24, 2.45) is 0 Å². The van der Waals surface area contributed by atoms with Gasteiger partial charge < -0.3 is 19.2 Å². The molecule has 7 nitrogen and oxygen atoms in total. The average Bonchev–Trinajstić information content (AvgIpc) is 3.18. The molecule has 1 aromatic heterocycles. The van der Waals surface area contributed by atoms with Crippen LogP contribution < -0.4 is 4.74 Å². The van der Waals surface area contributed by atoms with Crippen LogP contribution >= 0.6 is 0 Å². The summed E-state index contributed by atoms with van der Waals surface area (Å²) in [5, 5.41) is 9.91. The number of carboxylic acids is 1. The normalized spacial score (nSPS) is 17.5. The number of carbonyl (C=O) groups is 2. The number of aryl methyl sites for hydroxylation is 1. The second kappa shape index (κ2) is 9.48. The van der Waals surface area contributed by atoms with Gasteiger partial charge in [-0.2, -0.15) is 0 Å². The lowest BCUT2D eigenvalue weighted by Gasteiger charge is -2.40. The fraction of sp³-hybridized carbons (Fsp3) is 0.346. The molecule has 7 heteroatoms. The first-order valence-electron chi connectivity index (χ1n) is 11.2. The van der Waals surface area contributed by atoms with E-state index in [1.165, 1.54) is 11.8 Å². The van der Waals surface area contributed by atoms with Crippen LogP contribution in [0.25, 0.3) is 11.5 Å². The van der Waals surface area contributed by atoms with Gasteiger partial charge in [0.15, 0.2) is 6.04 Å². The predicted molar refractivity (Wildman–Crippen MR) is 123 cm³/mol. The van der Waals surface area contributed by atoms with E-state index in [2.05, 4.69) is 4.98 Å². The fourth-order valence-corrected chi connectivity index (χ4v) is 4.48. The maximum atomic E-state index is 12.3. The van der Waals surface area contributed by atoms with Gasteiger partial charge in [-0.25, -0.2) is 9.78 Å². The first-order valence-corrected chi connectivity index (χ1v) is 11.2. The minimum atomic E-state index is -1.03. The molecule has 2 aromatic carbocycles. The van der Waals surface area contributed by atoms with Crippen molar-refractivity contribution in [2.75, 3.05) is 6.61 Å². The third kappa shape index (κ3) is 4.62. The number of rotatable bonds is 7. The van der Waals surface area contributed by atoms with Crippen LogP contribution in [-0.4, -0.2) is 39.5 Å². The van der Waals surface area contributed by atoms with Crippen LogP contribution in [0.4, 0.5) is 0 Å². The van der Waals surface area contributed by atoms with Crippen molar-refractivity contribution >= 4 is 11.9 Å². The van der Waals surface area contributed by atoms with E-state index in [0.29, 0.717) is 43.1 Å². The highest BCUT2D eigenvalue weighted by atomic mass is 16.5. The molecule has 33 heavy (non-hydrogen) atoms. The molecule has 0 saturated carbocycles. The molecule has 0 fully saturated rings. The summed E-state index contributed by atoms with van der Waals surface area (Å²) >= 11 is 0. The Balaban J connectivity index is 1.49. The fourth-order valence-electron chi connectivity index (χ4n) is 4.48. The Bertz CT molecular complexity index is 1150. The SMILES string of the molecule is CC[C@H]1Cc2ccc(OCCc3nc(-c4ccccc4)oc3C)cc2C(C(=O)O)N1C(C)=O. The third-order valence-corrected chi connectivity index (χ3v) is 6.13. The van der Waals surface area contributed by atoms with E-state index < -0.39 is 12.0 Å². The van der Waals surface area contributed by atoms with Crippen LogP contribution in [0.15, 0.2) is 52.9 Å². The van der Waals surface area contributed by atoms with Gasteiger partial charge in [0.25, 0.3) is 0 Å². The van der Waals surface area contributed by atoms with Gasteiger partial charge in [-0.3, -0.25) is 4.79 Å². The number of nitrogens with zero attached hydrogens (tertiary/aromatic N) is 2. The number of oxazole rings is 1. The van der Waals surface area contributed by atoms with Gasteiger partial charge in [-0.1, -0.05) is 31.2 Å². The zero-order valence-corrected chi connectivity index (χ0v) is 19.1. The molecule has 2 atom stereocenters. The largest absolute Gasteiger partial charge is 0.493 e. The quantitative estimate of drug-likeness (QED) is 0.569. The molecule has 1 aliphatic rings. The summed E-state index contributed by atoms with van der Waals surface area (Å²) in [6.45, 7) is 5.64. The van der Waals surface area contributed by atoms with Crippen molar-refractivity contribution in [3.8, 4) is 17.2 Å². The third-order valence-electron chi connectivity index (χ3n) is 6.13. The van der Waals surface area contributed by atoms with E-state index in [1.54, 1.807) is 6.07 Å². The topological polar surface area (TPSA) is 92.9 Å². The first kappa shape index (κ1) is 22.6. The van der Waals surface area contributed by atoms with E-state index in [1.807, 2.05) is 56.3 Å². The predicted octanol–water partition coefficient (Wildman–Crippen LogP) is 4.58. The maximum absolute atomic E-state index is 12.3. The van der Waals surface area contributed by atoms with Crippen molar-refractivity contribution < 1.29 is 23.8 Å². The molecule has 1 amide bonds. The average molecular weight is 449 g/mol. The zero-order chi connectivity index (χ0) is 23.5. The van der Waals surface area contributed by atoms with Crippen LogP contribution in [-0.2, 0) is 22.4 Å². The Hall–Kier alpha value is -3.61. The van der Waals surface area contributed by atoms with Gasteiger partial charge >= 0.3 is 5.97 Å².